The van der Waals surface area contributed by atoms with Crippen LogP contribution in [-0.2, 0) is 11.3 Å². The van der Waals surface area contributed by atoms with Crippen LogP contribution in [0, 0.1) is 0 Å². The van der Waals surface area contributed by atoms with Gasteiger partial charge in [0.1, 0.15) is 11.7 Å². The Morgan fingerprint density at radius 2 is 2.41 bits per heavy atom. The lowest BCUT2D eigenvalue weighted by Gasteiger charge is -2.03. The number of carbonyl (C=O) groups is 1. The Kier molecular flexibility index (Phi) is 3.20. The molecular formula is C9H9ClN6O. The Morgan fingerprint density at radius 1 is 1.59 bits per heavy atom. The summed E-state index contributed by atoms with van der Waals surface area (Å²) in [6.45, 7) is 0.0348. The highest BCUT2D eigenvalue weighted by Gasteiger charge is 2.06. The quantitative estimate of drug-likeness (QED) is 0.777. The van der Waals surface area contributed by atoms with Gasteiger partial charge in [-0.15, -0.1) is 0 Å². The van der Waals surface area contributed by atoms with Gasteiger partial charge in [0.05, 0.1) is 11.9 Å². The molecule has 0 radical (unpaired) electrons. The average Bonchev–Trinajstić information content (AvgIpc) is 2.63. The molecule has 0 aliphatic heterocycles. The number of hydrogen-bond acceptors (Lipinski definition) is 5. The van der Waals surface area contributed by atoms with Crippen molar-refractivity contribution in [2.75, 3.05) is 11.1 Å². The van der Waals surface area contributed by atoms with E-state index >= 15 is 0 Å². The molecule has 2 aromatic rings. The van der Waals surface area contributed by atoms with Gasteiger partial charge in [0.2, 0.25) is 11.9 Å². The lowest BCUT2D eigenvalue weighted by atomic mass is 10.5. The number of nitrogens with zero attached hydrogens (tertiary/aromatic N) is 4. The van der Waals surface area contributed by atoms with Crippen LogP contribution >= 0.6 is 11.6 Å². The van der Waals surface area contributed by atoms with E-state index in [2.05, 4.69) is 20.4 Å². The van der Waals surface area contributed by atoms with E-state index < -0.39 is 0 Å². The van der Waals surface area contributed by atoms with E-state index in [1.54, 1.807) is 6.20 Å². The van der Waals surface area contributed by atoms with Gasteiger partial charge < -0.3 is 5.73 Å². The summed E-state index contributed by atoms with van der Waals surface area (Å²) in [7, 11) is 0. The highest BCUT2D eigenvalue weighted by atomic mass is 35.5. The number of aromatic nitrogens is 4. The van der Waals surface area contributed by atoms with Crippen LogP contribution in [0.4, 0.5) is 11.6 Å². The van der Waals surface area contributed by atoms with Crippen molar-refractivity contribution < 1.29 is 4.79 Å². The van der Waals surface area contributed by atoms with Crippen molar-refractivity contribution in [1.82, 2.24) is 19.7 Å². The molecular weight excluding hydrogens is 244 g/mol. The number of rotatable bonds is 3. The minimum absolute atomic E-state index is 0.0348. The summed E-state index contributed by atoms with van der Waals surface area (Å²) in [6, 6.07) is 1.52. The summed E-state index contributed by atoms with van der Waals surface area (Å²) in [4.78, 5) is 19.2. The molecule has 0 saturated heterocycles. The molecule has 0 bridgehead atoms. The number of nitrogens with one attached hydrogen (secondary N) is 1. The minimum atomic E-state index is -0.310. The van der Waals surface area contributed by atoms with E-state index in [1.807, 2.05) is 0 Å². The number of nitrogen functional groups attached to an aromatic ring is 1. The fraction of sp³-hybridized carbons (Fsp3) is 0.111. The maximum Gasteiger partial charge on any atom is 0.248 e. The molecule has 0 aliphatic carbocycles. The average molecular weight is 253 g/mol. The molecule has 2 rings (SSSR count). The summed E-state index contributed by atoms with van der Waals surface area (Å²) in [5.41, 5.74) is 5.97. The van der Waals surface area contributed by atoms with Crippen molar-refractivity contribution in [3.05, 3.63) is 29.8 Å². The molecule has 0 unspecified atom stereocenters. The Bertz CT molecular complexity index is 540. The zero-order valence-electron chi connectivity index (χ0n) is 8.67. The van der Waals surface area contributed by atoms with Crippen molar-refractivity contribution in [2.24, 2.45) is 0 Å². The second kappa shape index (κ2) is 4.79. The first kappa shape index (κ1) is 11.3. The molecule has 1 amide bonds. The third-order valence-electron chi connectivity index (χ3n) is 1.83. The molecule has 0 saturated carbocycles. The Balaban J connectivity index is 1.98. The van der Waals surface area contributed by atoms with Gasteiger partial charge in [-0.2, -0.15) is 5.10 Å². The van der Waals surface area contributed by atoms with Gasteiger partial charge in [0.25, 0.3) is 0 Å². The molecule has 2 heterocycles. The van der Waals surface area contributed by atoms with Crippen molar-refractivity contribution in [3.63, 3.8) is 0 Å². The SMILES string of the molecule is Nc1cnn(CC(=O)Nc2nccc(Cl)n2)c1. The summed E-state index contributed by atoms with van der Waals surface area (Å²) < 4.78 is 1.41. The van der Waals surface area contributed by atoms with Gasteiger partial charge in [-0.3, -0.25) is 14.8 Å². The maximum atomic E-state index is 11.6. The summed E-state index contributed by atoms with van der Waals surface area (Å²) >= 11 is 5.66. The molecule has 0 spiro atoms. The zero-order chi connectivity index (χ0) is 12.3. The molecule has 7 nitrogen and oxygen atoms in total. The monoisotopic (exact) mass is 252 g/mol. The van der Waals surface area contributed by atoms with Gasteiger partial charge >= 0.3 is 0 Å². The van der Waals surface area contributed by atoms with E-state index in [1.165, 1.54) is 23.1 Å². The van der Waals surface area contributed by atoms with Crippen LogP contribution in [0.1, 0.15) is 0 Å². The molecule has 0 fully saturated rings. The van der Waals surface area contributed by atoms with Gasteiger partial charge in [0, 0.05) is 12.4 Å². The molecule has 0 aromatic carbocycles. The molecule has 8 heteroatoms. The number of halogens is 1. The number of nitrogens with two attached hydrogens (primary N) is 1. The van der Waals surface area contributed by atoms with Crippen LogP contribution in [0.15, 0.2) is 24.7 Å². The van der Waals surface area contributed by atoms with Gasteiger partial charge in [-0.1, -0.05) is 11.6 Å². The van der Waals surface area contributed by atoms with Crippen LogP contribution in [0.5, 0.6) is 0 Å². The lowest BCUT2D eigenvalue weighted by molar-refractivity contribution is -0.116. The largest absolute Gasteiger partial charge is 0.396 e. The molecule has 2 aromatic heterocycles. The lowest BCUT2D eigenvalue weighted by Crippen LogP contribution is -2.20. The maximum absolute atomic E-state index is 11.6. The minimum Gasteiger partial charge on any atom is -0.396 e. The summed E-state index contributed by atoms with van der Waals surface area (Å²) in [6.07, 6.45) is 4.47. The normalized spacial score (nSPS) is 10.2. The first-order valence-electron chi connectivity index (χ1n) is 4.70. The molecule has 17 heavy (non-hydrogen) atoms. The molecule has 3 N–H and O–H groups in total. The number of hydrogen-bond donors (Lipinski definition) is 2. The van der Waals surface area contributed by atoms with Crippen LogP contribution in [0.25, 0.3) is 0 Å². The predicted octanol–water partition coefficient (Wildman–Crippen LogP) is 0.547. The van der Waals surface area contributed by atoms with E-state index in [0.29, 0.717) is 5.69 Å². The van der Waals surface area contributed by atoms with Gasteiger partial charge in [-0.25, -0.2) is 9.97 Å². The molecule has 0 atom stereocenters. The van der Waals surface area contributed by atoms with E-state index in [9.17, 15) is 4.79 Å². The topological polar surface area (TPSA) is 98.7 Å². The van der Waals surface area contributed by atoms with Crippen molar-refractivity contribution >= 4 is 29.1 Å². The highest BCUT2D eigenvalue weighted by Crippen LogP contribution is 2.05. The first-order chi connectivity index (χ1) is 8.13. The predicted molar refractivity (Wildman–Crippen MR) is 62.3 cm³/mol. The Labute approximate surface area is 102 Å². The Morgan fingerprint density at radius 3 is 3.06 bits per heavy atom. The van der Waals surface area contributed by atoms with Crippen molar-refractivity contribution in [3.8, 4) is 0 Å². The second-order valence-electron chi connectivity index (χ2n) is 3.22. The Hall–Kier alpha value is -2.15. The smallest absolute Gasteiger partial charge is 0.248 e. The zero-order valence-corrected chi connectivity index (χ0v) is 9.42. The number of anilines is 2. The van der Waals surface area contributed by atoms with Crippen molar-refractivity contribution in [1.29, 1.82) is 0 Å². The van der Waals surface area contributed by atoms with Gasteiger partial charge in [0.15, 0.2) is 0 Å². The van der Waals surface area contributed by atoms with Crippen LogP contribution in [0.3, 0.4) is 0 Å². The van der Waals surface area contributed by atoms with Crippen molar-refractivity contribution in [2.45, 2.75) is 6.54 Å². The third kappa shape index (κ3) is 3.15. The standard InChI is InChI=1S/C9H9ClN6O/c10-7-1-2-12-9(14-7)15-8(17)5-16-4-6(11)3-13-16/h1-4H,5,11H2,(H,12,14,15,17). The number of amides is 1. The molecule has 0 aliphatic rings. The first-order valence-corrected chi connectivity index (χ1v) is 5.07. The third-order valence-corrected chi connectivity index (χ3v) is 2.04. The summed E-state index contributed by atoms with van der Waals surface area (Å²) in [5, 5.41) is 6.63. The van der Waals surface area contributed by atoms with E-state index in [0.717, 1.165) is 0 Å². The van der Waals surface area contributed by atoms with E-state index in [4.69, 9.17) is 17.3 Å². The second-order valence-corrected chi connectivity index (χ2v) is 3.61. The number of carbonyl (C=O) groups excluding carboxylic acids is 1. The van der Waals surface area contributed by atoms with Gasteiger partial charge in [-0.05, 0) is 6.07 Å². The van der Waals surface area contributed by atoms with Crippen LogP contribution in [0.2, 0.25) is 5.15 Å². The highest BCUT2D eigenvalue weighted by molar-refractivity contribution is 6.29. The molecule has 88 valence electrons. The van der Waals surface area contributed by atoms with E-state index in [-0.39, 0.29) is 23.6 Å². The fourth-order valence-corrected chi connectivity index (χ4v) is 1.31. The van der Waals surface area contributed by atoms with Crippen LogP contribution < -0.4 is 11.1 Å². The van der Waals surface area contributed by atoms with Crippen LogP contribution in [-0.4, -0.2) is 25.7 Å². The fourth-order valence-electron chi connectivity index (χ4n) is 1.17. The summed E-state index contributed by atoms with van der Waals surface area (Å²) in [5.74, 6) is -0.155.